The van der Waals surface area contributed by atoms with Crippen LogP contribution in [0.3, 0.4) is 0 Å². The molecule has 0 N–H and O–H groups in total. The molecule has 0 heteroatoms. The molecule has 3 aliphatic carbocycles. The van der Waals surface area contributed by atoms with Gasteiger partial charge in [0.05, 0.1) is 0 Å². The van der Waals surface area contributed by atoms with Crippen molar-refractivity contribution in [3.05, 3.63) is 226 Å². The van der Waals surface area contributed by atoms with Crippen molar-refractivity contribution in [2.24, 2.45) is 0 Å². The van der Waals surface area contributed by atoms with Gasteiger partial charge in [-0.2, -0.15) is 0 Å². The summed E-state index contributed by atoms with van der Waals surface area (Å²) in [6.07, 6.45) is 0. The fourth-order valence-electron chi connectivity index (χ4n) is 10.6. The first-order chi connectivity index (χ1) is 27.0. The van der Waals surface area contributed by atoms with E-state index in [1.807, 2.05) is 0 Å². The first-order valence-corrected chi connectivity index (χ1v) is 19.7. The summed E-state index contributed by atoms with van der Waals surface area (Å²) >= 11 is 0. The topological polar surface area (TPSA) is 0 Å². The van der Waals surface area contributed by atoms with E-state index in [2.05, 4.69) is 196 Å². The molecule has 0 amide bonds. The van der Waals surface area contributed by atoms with Crippen molar-refractivity contribution in [3.8, 4) is 44.5 Å². The molecule has 3 aliphatic rings. The summed E-state index contributed by atoms with van der Waals surface area (Å²) in [6, 6.07) is 69.1. The maximum Gasteiger partial charge on any atom is 0.0352 e. The minimum atomic E-state index is -0.0608. The second-order valence-corrected chi connectivity index (χ2v) is 16.4. The Morgan fingerprint density at radius 1 is 0.327 bits per heavy atom. The Morgan fingerprint density at radius 2 is 0.836 bits per heavy atom. The van der Waals surface area contributed by atoms with E-state index in [1.54, 1.807) is 0 Å². The first-order valence-electron chi connectivity index (χ1n) is 19.7. The Balaban J connectivity index is 1.05. The van der Waals surface area contributed by atoms with E-state index in [4.69, 9.17) is 0 Å². The summed E-state index contributed by atoms with van der Waals surface area (Å²) < 4.78 is 0. The lowest BCUT2D eigenvalue weighted by molar-refractivity contribution is 0.660. The van der Waals surface area contributed by atoms with Gasteiger partial charge in [-0.3, -0.25) is 0 Å². The molecule has 258 valence electrons. The first kappa shape index (κ1) is 30.9. The molecule has 0 saturated carbocycles. The minimum Gasteiger partial charge on any atom is -0.0619 e. The molecule has 0 radical (unpaired) electrons. The predicted molar refractivity (Wildman–Crippen MR) is 230 cm³/mol. The highest BCUT2D eigenvalue weighted by molar-refractivity contribution is 6.00. The van der Waals surface area contributed by atoms with E-state index < -0.39 is 0 Å². The van der Waals surface area contributed by atoms with Crippen LogP contribution in [0, 0.1) is 0 Å². The highest BCUT2D eigenvalue weighted by Gasteiger charge is 2.41. The number of hydrogen-bond acceptors (Lipinski definition) is 0. The van der Waals surface area contributed by atoms with Gasteiger partial charge in [0.1, 0.15) is 0 Å². The average Bonchev–Trinajstić information content (AvgIpc) is 3.83. The van der Waals surface area contributed by atoms with E-state index in [9.17, 15) is 0 Å². The molecule has 0 aromatic heterocycles. The van der Waals surface area contributed by atoms with E-state index in [0.717, 1.165) is 0 Å². The second kappa shape index (κ2) is 11.3. The van der Waals surface area contributed by atoms with Crippen LogP contribution in [0.15, 0.2) is 182 Å². The van der Waals surface area contributed by atoms with Gasteiger partial charge in [0.25, 0.3) is 0 Å². The van der Waals surface area contributed by atoms with E-state index in [-0.39, 0.29) is 17.3 Å². The zero-order valence-electron chi connectivity index (χ0n) is 31.0. The van der Waals surface area contributed by atoms with Crippen LogP contribution < -0.4 is 0 Å². The van der Waals surface area contributed by atoms with Gasteiger partial charge in [0, 0.05) is 17.3 Å². The lowest BCUT2D eigenvalue weighted by Gasteiger charge is -2.22. The van der Waals surface area contributed by atoms with Gasteiger partial charge in [0.15, 0.2) is 0 Å². The van der Waals surface area contributed by atoms with Crippen LogP contribution in [0.4, 0.5) is 0 Å². The van der Waals surface area contributed by atoms with Crippen molar-refractivity contribution in [1.29, 1.82) is 0 Å². The fourth-order valence-corrected chi connectivity index (χ4v) is 10.6. The van der Waals surface area contributed by atoms with Crippen molar-refractivity contribution in [3.63, 3.8) is 0 Å². The Morgan fingerprint density at radius 3 is 1.53 bits per heavy atom. The van der Waals surface area contributed by atoms with Gasteiger partial charge in [0.2, 0.25) is 0 Å². The Kier molecular flexibility index (Phi) is 6.33. The Bertz CT molecular complexity index is 3080. The third-order valence-electron chi connectivity index (χ3n) is 13.2. The van der Waals surface area contributed by atoms with Crippen molar-refractivity contribution in [2.75, 3.05) is 0 Å². The molecular formula is C55H38. The van der Waals surface area contributed by atoms with Crippen molar-refractivity contribution < 1.29 is 0 Å². The predicted octanol–water partition coefficient (Wildman–Crippen LogP) is 14.3. The second-order valence-electron chi connectivity index (χ2n) is 16.4. The van der Waals surface area contributed by atoms with E-state index >= 15 is 0 Å². The van der Waals surface area contributed by atoms with Gasteiger partial charge < -0.3 is 0 Å². The SMILES string of the molecule is CC1(C)c2ccccc2-c2c1ccc1c2-c2cc(-c3ccc4c(c3)-c3ccccc3C4c3ccc4ccccc4c3)ccc2C1c1ccc2ccccc2c1. The van der Waals surface area contributed by atoms with Crippen LogP contribution in [-0.4, -0.2) is 0 Å². The normalized spacial score (nSPS) is 16.7. The average molecular weight is 699 g/mol. The molecule has 0 saturated heterocycles. The standard InChI is InChI=1S/C55H38/c1-55(2)49-18-10-9-17-45(49)54-50(55)28-27-46-52(40-22-20-34-12-4-6-14-36(34)30-40)44-26-24-38(32-48(44)53(46)54)37-23-25-43-47(31-37)41-15-7-8-16-42(41)51(43)39-21-19-33-11-3-5-13-35(33)29-39/h3-32,51-52H,1-2H3. The van der Waals surface area contributed by atoms with Crippen LogP contribution in [0.5, 0.6) is 0 Å². The molecule has 0 bridgehead atoms. The quantitative estimate of drug-likeness (QED) is 0.172. The Labute approximate surface area is 322 Å². The molecule has 2 unspecified atom stereocenters. The number of benzene rings is 9. The molecule has 9 aromatic carbocycles. The van der Waals surface area contributed by atoms with Crippen molar-refractivity contribution >= 4 is 21.5 Å². The lowest BCUT2D eigenvalue weighted by atomic mass is 9.81. The molecule has 0 aliphatic heterocycles. The molecule has 0 heterocycles. The number of rotatable bonds is 3. The van der Waals surface area contributed by atoms with Crippen LogP contribution in [-0.2, 0) is 5.41 Å². The number of hydrogen-bond donors (Lipinski definition) is 0. The smallest absolute Gasteiger partial charge is 0.0352 e. The maximum atomic E-state index is 2.51. The molecule has 55 heavy (non-hydrogen) atoms. The maximum absolute atomic E-state index is 2.51. The molecular weight excluding hydrogens is 661 g/mol. The molecule has 0 fully saturated rings. The highest BCUT2D eigenvalue weighted by atomic mass is 14.4. The van der Waals surface area contributed by atoms with Gasteiger partial charge in [-0.25, -0.2) is 0 Å². The lowest BCUT2D eigenvalue weighted by Crippen LogP contribution is -2.15. The summed E-state index contributed by atoms with van der Waals surface area (Å²) in [5.74, 6) is 0.380. The van der Waals surface area contributed by atoms with Crippen molar-refractivity contribution in [2.45, 2.75) is 31.1 Å². The zero-order valence-corrected chi connectivity index (χ0v) is 31.0. The summed E-state index contributed by atoms with van der Waals surface area (Å²) in [5.41, 5.74) is 21.9. The minimum absolute atomic E-state index is 0.0608. The summed E-state index contributed by atoms with van der Waals surface area (Å²) in [6.45, 7) is 4.79. The highest BCUT2D eigenvalue weighted by Crippen LogP contribution is 2.59. The molecule has 0 nitrogen and oxygen atoms in total. The van der Waals surface area contributed by atoms with E-state index in [0.29, 0.717) is 0 Å². The largest absolute Gasteiger partial charge is 0.0619 e. The van der Waals surface area contributed by atoms with Gasteiger partial charge >= 0.3 is 0 Å². The molecule has 0 spiro atoms. The van der Waals surface area contributed by atoms with Crippen LogP contribution in [0.2, 0.25) is 0 Å². The van der Waals surface area contributed by atoms with E-state index in [1.165, 1.54) is 111 Å². The fraction of sp³-hybridized carbons (Fsp3) is 0.0909. The monoisotopic (exact) mass is 698 g/mol. The third kappa shape index (κ3) is 4.34. The zero-order chi connectivity index (χ0) is 36.4. The van der Waals surface area contributed by atoms with Crippen molar-refractivity contribution in [1.82, 2.24) is 0 Å². The van der Waals surface area contributed by atoms with Crippen LogP contribution in [0.1, 0.15) is 70.2 Å². The van der Waals surface area contributed by atoms with Gasteiger partial charge in [-0.15, -0.1) is 0 Å². The number of fused-ring (bicyclic) bond motifs is 12. The third-order valence-corrected chi connectivity index (χ3v) is 13.2. The van der Waals surface area contributed by atoms with Crippen LogP contribution >= 0.6 is 0 Å². The molecule has 12 rings (SSSR count). The summed E-state index contributed by atoms with van der Waals surface area (Å²) in [7, 11) is 0. The van der Waals surface area contributed by atoms with Gasteiger partial charge in [-0.1, -0.05) is 184 Å². The Hall–Kier alpha value is -6.50. The van der Waals surface area contributed by atoms with Gasteiger partial charge in [-0.05, 0) is 123 Å². The molecule has 9 aromatic rings. The van der Waals surface area contributed by atoms with Crippen LogP contribution in [0.25, 0.3) is 66.1 Å². The molecule has 2 atom stereocenters. The summed E-state index contributed by atoms with van der Waals surface area (Å²) in [5, 5.41) is 5.15. The summed E-state index contributed by atoms with van der Waals surface area (Å²) in [4.78, 5) is 0.